The van der Waals surface area contributed by atoms with Crippen LogP contribution in [0.2, 0.25) is 0 Å². The highest BCUT2D eigenvalue weighted by molar-refractivity contribution is 5.60. The number of aromatic amines is 7. The normalized spacial score (nSPS) is 10.2. The first-order chi connectivity index (χ1) is 62.8. The van der Waals surface area contributed by atoms with Crippen molar-refractivity contribution < 1.29 is 4.42 Å². The Morgan fingerprint density at radius 1 is 0.220 bits per heavy atom. The molecule has 0 fully saturated rings. The molecule has 16 aromatic heterocycles. The third kappa shape index (κ3) is 31.0. The van der Waals surface area contributed by atoms with Gasteiger partial charge in [-0.25, -0.2) is 0 Å². The van der Waals surface area contributed by atoms with Crippen molar-refractivity contribution in [3.8, 4) is 0 Å². The van der Waals surface area contributed by atoms with Gasteiger partial charge in [0.05, 0.1) is 0 Å². The standard InChI is InChI=1S/C12H19N7.3C10H15N7.2C9H13N7.C8H11N7.C8H10N6O/c1-8-6-7-9(13-8)14-10-15-11(18(2)3)17-12(16-10)19(4)5;1-6-4-5-7(12-6)13-9-14-8(11)15-10(16-9)17(2)3;1-6-4-5-7(13-6)17(3)10-15-8(11)14-9(12-2)16-10;1-6-4-5-7(13-6)14-10-16-8(11-2)15-9(12-3)17-10;1-5-3-4-6(12-5)16(2)9-14-7(10)13-8(11)15-9;1-5-3-4-6(12-5)13-9-15-7(10)14-8(11-2)16-9;1-4-2-3-5(11-4)12-8-14-6(9)13-7(10)15-8;1-4-2-3-5(15-4)11-8-13-6(9)12-7(10)14-8/h6-7,13H,1-5H3,(H,14,15,16,17);4-5,12H,1-3H3,(H3,11,13,14,15,16);4-5,13H,1-3H3,(H3,11,12,14,15,16);4-5,13H,1-3H3,(H3,11,12,14,15,16,17);3-4,12H,1-2H3,(H4,10,11,13,14,15);3-4,12H,1-2H3,(H4,10,11,13,14,15,16);2-3,11H,1H3,(H5,9,10,12,13,14,15);2-3H,1H3,(H5,9,10,11,12,13,14). The quantitative estimate of drug-likeness (QED) is 0.0308. The summed E-state index contributed by atoms with van der Waals surface area (Å²) in [7, 11) is 21.9. The third-order valence-electron chi connectivity index (χ3n) is 16.6. The fourth-order valence-electron chi connectivity index (χ4n) is 10.5. The van der Waals surface area contributed by atoms with E-state index in [9.17, 15) is 0 Å². The van der Waals surface area contributed by atoms with Gasteiger partial charge in [0, 0.05) is 130 Å². The fourth-order valence-corrected chi connectivity index (χ4v) is 10.5. The summed E-state index contributed by atoms with van der Waals surface area (Å²) in [5.74, 6) is 15.2. The Morgan fingerprint density at radius 3 is 0.735 bits per heavy atom. The Bertz CT molecular complexity index is 6070. The van der Waals surface area contributed by atoms with E-state index in [2.05, 4.69) is 208 Å². The number of hydrogen-bond acceptors (Lipinski definition) is 49. The lowest BCUT2D eigenvalue weighted by atomic mass is 10.5. The molecule has 0 spiro atoms. The summed E-state index contributed by atoms with van der Waals surface area (Å²) in [6.45, 7) is 15.6. The van der Waals surface area contributed by atoms with Crippen molar-refractivity contribution in [2.45, 2.75) is 55.4 Å². The summed E-state index contributed by atoms with van der Waals surface area (Å²) in [6.07, 6.45) is 0. The molecule has 35 N–H and O–H groups in total. The molecule has 0 aromatic carbocycles. The van der Waals surface area contributed by atoms with Gasteiger partial charge < -0.3 is 153 Å². The van der Waals surface area contributed by atoms with Crippen molar-refractivity contribution in [3.63, 3.8) is 0 Å². The number of nitrogens with one attached hydrogen (secondary N) is 17. The number of nitrogens with zero attached hydrogens (tertiary/aromatic N) is 29. The number of rotatable bonds is 23. The van der Waals surface area contributed by atoms with Gasteiger partial charge in [-0.1, -0.05) is 0 Å². The van der Waals surface area contributed by atoms with Crippen molar-refractivity contribution in [2.75, 3.05) is 214 Å². The van der Waals surface area contributed by atoms with Crippen LogP contribution in [0.1, 0.15) is 45.6 Å². The van der Waals surface area contributed by atoms with E-state index in [-0.39, 0.29) is 59.5 Å². The van der Waals surface area contributed by atoms with Crippen LogP contribution < -0.4 is 129 Å². The van der Waals surface area contributed by atoms with E-state index in [0.29, 0.717) is 89.2 Å². The number of aryl methyl sites for hydroxylation is 8. The minimum atomic E-state index is 0.0632. The van der Waals surface area contributed by atoms with Gasteiger partial charge >= 0.3 is 0 Å². The monoisotopic (exact) mass is 1810 g/mol. The van der Waals surface area contributed by atoms with Crippen LogP contribution in [0.25, 0.3) is 0 Å². The Kier molecular flexibility index (Phi) is 33.9. The van der Waals surface area contributed by atoms with Crippen molar-refractivity contribution in [1.29, 1.82) is 0 Å². The van der Waals surface area contributed by atoms with Crippen LogP contribution in [-0.4, -0.2) is 239 Å². The van der Waals surface area contributed by atoms with Crippen LogP contribution in [0.15, 0.2) is 101 Å². The molecule has 56 nitrogen and oxygen atoms in total. The van der Waals surface area contributed by atoms with Crippen LogP contribution >= 0.6 is 0 Å². The first-order valence-corrected chi connectivity index (χ1v) is 39.7. The molecule has 0 atom stereocenters. The Balaban J connectivity index is 0.000000170. The van der Waals surface area contributed by atoms with E-state index < -0.39 is 0 Å². The van der Waals surface area contributed by atoms with Gasteiger partial charge in [-0.05, 0) is 146 Å². The van der Waals surface area contributed by atoms with Gasteiger partial charge in [-0.15, -0.1) is 0 Å². The Labute approximate surface area is 757 Å². The molecule has 56 heteroatoms. The fraction of sp³-hybridized carbons (Fsp3) is 0.263. The van der Waals surface area contributed by atoms with E-state index in [1.54, 1.807) is 44.1 Å². The molecule has 0 radical (unpaired) electrons. The molecule has 0 amide bonds. The van der Waals surface area contributed by atoms with E-state index >= 15 is 0 Å². The summed E-state index contributed by atoms with van der Waals surface area (Å²) < 4.78 is 5.27. The molecule has 0 unspecified atom stereocenters. The summed E-state index contributed by atoms with van der Waals surface area (Å²) >= 11 is 0. The molecule has 0 aliphatic heterocycles. The maximum atomic E-state index is 5.62. The van der Waals surface area contributed by atoms with Crippen LogP contribution in [0.5, 0.6) is 0 Å². The first kappa shape index (κ1) is 97.3. The third-order valence-corrected chi connectivity index (χ3v) is 16.6. The number of H-pyrrole nitrogens is 7. The molecule has 16 aromatic rings. The highest BCUT2D eigenvalue weighted by Gasteiger charge is 2.17. The molecule has 0 saturated heterocycles. The van der Waals surface area contributed by atoms with Gasteiger partial charge in [0.2, 0.25) is 143 Å². The smallest absolute Gasteiger partial charge is 0.237 e. The zero-order chi connectivity index (χ0) is 96.0. The van der Waals surface area contributed by atoms with Crippen molar-refractivity contribution in [3.05, 3.63) is 143 Å². The number of anilines is 32. The zero-order valence-electron chi connectivity index (χ0n) is 76.3. The lowest BCUT2D eigenvalue weighted by Gasteiger charge is -2.16. The van der Waals surface area contributed by atoms with E-state index in [1.807, 2.05) is 217 Å². The number of hydrogen-bond donors (Lipinski definition) is 26. The number of aromatic nitrogens is 31. The van der Waals surface area contributed by atoms with Crippen molar-refractivity contribution >= 4 is 189 Å². The highest BCUT2D eigenvalue weighted by atomic mass is 16.4. The van der Waals surface area contributed by atoms with E-state index in [1.165, 1.54) is 0 Å². The SMILES string of the molecule is CNc1nc(N)nc(N(C)c2ccc(C)[nH]2)n1.CNc1nc(N)nc(Nc2ccc(C)[nH]2)n1.CNc1nc(NC)nc(Nc2ccc(C)[nH]2)n1.Cc1ccc(N(C)c2nc(N)nc(N)n2)[nH]1.Cc1ccc(Nc2nc(N(C)C)nc(N(C)C)n2)[nH]1.Cc1ccc(Nc2nc(N)nc(N(C)C)n2)[nH]1.Cc1ccc(Nc2nc(N)nc(N)n2)[nH]1.Cc1ccc(Nc2nc(N)nc(N)n2)o1. The molecule has 132 heavy (non-hydrogen) atoms. The summed E-state index contributed by atoms with van der Waals surface area (Å²) in [6, 6.07) is 30.7. The van der Waals surface area contributed by atoms with Gasteiger partial charge in [0.25, 0.3) is 0 Å². The summed E-state index contributed by atoms with van der Waals surface area (Å²) in [5.41, 5.74) is 56.9. The predicted octanol–water partition coefficient (Wildman–Crippen LogP) is 6.93. The molecule has 0 saturated carbocycles. The summed E-state index contributed by atoms with van der Waals surface area (Å²) in [5, 5.41) is 29.4. The largest absolute Gasteiger partial charge is 0.446 e. The van der Waals surface area contributed by atoms with Gasteiger partial charge in [-0.2, -0.15) is 120 Å². The number of nitrogens with two attached hydrogens (primary N) is 9. The van der Waals surface area contributed by atoms with Gasteiger partial charge in [0.1, 0.15) is 46.5 Å². The second-order valence-corrected chi connectivity index (χ2v) is 28.4. The zero-order valence-corrected chi connectivity index (χ0v) is 76.3. The second kappa shape index (κ2) is 45.9. The molecular weight excluding hydrogens is 1700 g/mol. The maximum absolute atomic E-state index is 5.62. The van der Waals surface area contributed by atoms with Crippen LogP contribution in [0.4, 0.5) is 189 Å². The van der Waals surface area contributed by atoms with Gasteiger partial charge in [-0.3, -0.25) is 15.1 Å². The lowest BCUT2D eigenvalue weighted by molar-refractivity contribution is 0.550. The summed E-state index contributed by atoms with van der Waals surface area (Å²) in [4.78, 5) is 128. The maximum Gasteiger partial charge on any atom is 0.237 e. The van der Waals surface area contributed by atoms with Crippen LogP contribution in [0, 0.1) is 55.4 Å². The van der Waals surface area contributed by atoms with Crippen LogP contribution in [0.3, 0.4) is 0 Å². The molecule has 0 aliphatic carbocycles. The average Bonchev–Trinajstić information content (AvgIpc) is 1.71. The molecule has 696 valence electrons. The minimum Gasteiger partial charge on any atom is -0.446 e. The Morgan fingerprint density at radius 2 is 0.439 bits per heavy atom. The van der Waals surface area contributed by atoms with Crippen LogP contribution in [-0.2, 0) is 0 Å². The minimum absolute atomic E-state index is 0.0632. The highest BCUT2D eigenvalue weighted by Crippen LogP contribution is 2.26. The van der Waals surface area contributed by atoms with E-state index in [4.69, 9.17) is 56.0 Å². The number of furan rings is 1. The average molecular weight is 1810 g/mol. The van der Waals surface area contributed by atoms with E-state index in [0.717, 1.165) is 86.3 Å². The van der Waals surface area contributed by atoms with Crippen molar-refractivity contribution in [1.82, 2.24) is 155 Å². The lowest BCUT2D eigenvalue weighted by Crippen LogP contribution is -2.19. The second-order valence-electron chi connectivity index (χ2n) is 28.4. The topological polar surface area (TPSA) is 804 Å². The molecule has 0 aliphatic rings. The first-order valence-electron chi connectivity index (χ1n) is 39.7. The van der Waals surface area contributed by atoms with Crippen molar-refractivity contribution in [2.24, 2.45) is 0 Å². The van der Waals surface area contributed by atoms with Gasteiger partial charge in [0.15, 0.2) is 5.88 Å². The molecule has 16 heterocycles. The number of nitrogen functional groups attached to an aromatic ring is 9. The predicted molar refractivity (Wildman–Crippen MR) is 517 cm³/mol. The molecule has 16 rings (SSSR count). The Hall–Kier alpha value is -18.5. The molecule has 0 bridgehead atoms. The molecular formula is C76H111N55O.